The summed E-state index contributed by atoms with van der Waals surface area (Å²) >= 11 is 0. The van der Waals surface area contributed by atoms with E-state index in [2.05, 4.69) is 57.4 Å². The van der Waals surface area contributed by atoms with E-state index in [1.54, 1.807) is 0 Å². The van der Waals surface area contributed by atoms with Crippen LogP contribution >= 0.6 is 24.0 Å². The number of nitrogens with zero attached hydrogens (tertiary/aromatic N) is 3. The van der Waals surface area contributed by atoms with Crippen molar-refractivity contribution < 1.29 is 9.53 Å². The number of halogens is 1. The maximum absolute atomic E-state index is 10.8. The minimum absolute atomic E-state index is 0. The molecule has 1 amide bonds. The lowest BCUT2D eigenvalue weighted by molar-refractivity contribution is -0.119. The highest BCUT2D eigenvalue weighted by atomic mass is 127. The van der Waals surface area contributed by atoms with Crippen LogP contribution in [0.5, 0.6) is 5.75 Å². The van der Waals surface area contributed by atoms with Crippen LogP contribution in [-0.4, -0.2) is 68.0 Å². The number of amides is 1. The van der Waals surface area contributed by atoms with Gasteiger partial charge in [-0.05, 0) is 36.1 Å². The summed E-state index contributed by atoms with van der Waals surface area (Å²) in [6.45, 7) is 6.96. The van der Waals surface area contributed by atoms with E-state index in [0.29, 0.717) is 11.8 Å². The van der Waals surface area contributed by atoms with Gasteiger partial charge in [-0.1, -0.05) is 49.4 Å². The summed E-state index contributed by atoms with van der Waals surface area (Å²) in [6.07, 6.45) is 1.99. The lowest BCUT2D eigenvalue weighted by Gasteiger charge is -2.40. The van der Waals surface area contributed by atoms with Gasteiger partial charge in [0.25, 0.3) is 5.91 Å². The number of hydrogen-bond acceptors (Lipinski definition) is 4. The van der Waals surface area contributed by atoms with E-state index in [0.717, 1.165) is 51.5 Å². The molecule has 0 bridgehead atoms. The van der Waals surface area contributed by atoms with Crippen molar-refractivity contribution in [1.29, 1.82) is 0 Å². The fourth-order valence-electron chi connectivity index (χ4n) is 4.18. The Morgan fingerprint density at radius 2 is 1.76 bits per heavy atom. The Hall–Kier alpha value is -2.33. The Morgan fingerprint density at radius 3 is 2.33 bits per heavy atom. The largest absolute Gasteiger partial charge is 0.484 e. The molecule has 0 spiro atoms. The highest BCUT2D eigenvalue weighted by Crippen LogP contribution is 2.25. The molecule has 7 nitrogen and oxygen atoms in total. The molecule has 1 heterocycles. The first-order valence-corrected chi connectivity index (χ1v) is 11.3. The molecular formula is C25H36IN5O2. The lowest BCUT2D eigenvalue weighted by Crippen LogP contribution is -2.53. The number of hydrogen-bond donors (Lipinski definition) is 2. The number of nitrogens with two attached hydrogens (primary N) is 1. The van der Waals surface area contributed by atoms with Crippen molar-refractivity contribution in [3.05, 3.63) is 65.7 Å². The number of primary amides is 1. The van der Waals surface area contributed by atoms with Crippen LogP contribution in [0, 0.1) is 0 Å². The topological polar surface area (TPSA) is 83.2 Å². The van der Waals surface area contributed by atoms with Crippen LogP contribution in [0.1, 0.15) is 30.5 Å². The molecule has 3 N–H and O–H groups in total. The zero-order valence-corrected chi connectivity index (χ0v) is 21.9. The van der Waals surface area contributed by atoms with Gasteiger partial charge >= 0.3 is 0 Å². The normalized spacial score (nSPS) is 15.5. The molecule has 0 saturated carbocycles. The number of ether oxygens (including phenoxy) is 1. The summed E-state index contributed by atoms with van der Waals surface area (Å²) < 4.78 is 5.30. The first-order chi connectivity index (χ1) is 15.6. The second-order valence-corrected chi connectivity index (χ2v) is 7.98. The van der Waals surface area contributed by atoms with Crippen LogP contribution in [0.3, 0.4) is 0 Å². The van der Waals surface area contributed by atoms with Crippen LogP contribution in [0.15, 0.2) is 59.6 Å². The van der Waals surface area contributed by atoms with E-state index < -0.39 is 5.91 Å². The molecule has 8 heteroatoms. The summed E-state index contributed by atoms with van der Waals surface area (Å²) in [4.78, 5) is 20.2. The number of guanidine groups is 1. The molecule has 0 aromatic heterocycles. The molecule has 2 aromatic rings. The second kappa shape index (κ2) is 14.0. The Morgan fingerprint density at radius 1 is 1.09 bits per heavy atom. The van der Waals surface area contributed by atoms with Crippen LogP contribution < -0.4 is 15.8 Å². The van der Waals surface area contributed by atoms with Gasteiger partial charge < -0.3 is 20.7 Å². The second-order valence-electron chi connectivity index (χ2n) is 7.98. The number of benzene rings is 2. The van der Waals surface area contributed by atoms with Gasteiger partial charge in [0, 0.05) is 45.8 Å². The summed E-state index contributed by atoms with van der Waals surface area (Å²) in [5.74, 6) is 1.13. The Balaban J connectivity index is 0.00000385. The third-order valence-corrected chi connectivity index (χ3v) is 5.84. The Labute approximate surface area is 214 Å². The van der Waals surface area contributed by atoms with Crippen molar-refractivity contribution in [2.75, 3.05) is 46.4 Å². The standard InChI is InChI=1S/C25H35N5O2.HI/c1-3-23(21-7-5-4-6-8-21)29-15-17-30(18-16-29)25(27-2)28-14-13-20-9-11-22(12-10-20)32-19-24(26)31;/h4-12,23H,3,13-19H2,1-2H3,(H2,26,31)(H,27,28);1H. The molecular weight excluding hydrogens is 529 g/mol. The van der Waals surface area contributed by atoms with Gasteiger partial charge in [-0.25, -0.2) is 0 Å². The van der Waals surface area contributed by atoms with Crippen molar-refractivity contribution in [3.8, 4) is 5.75 Å². The van der Waals surface area contributed by atoms with Gasteiger partial charge in [0.2, 0.25) is 0 Å². The SMILES string of the molecule is CCC(c1ccccc1)N1CCN(C(=NC)NCCc2ccc(OCC(N)=O)cc2)CC1.I. The highest BCUT2D eigenvalue weighted by molar-refractivity contribution is 14.0. The van der Waals surface area contributed by atoms with E-state index in [1.165, 1.54) is 11.1 Å². The minimum atomic E-state index is -0.476. The van der Waals surface area contributed by atoms with Crippen LogP contribution in [0.25, 0.3) is 0 Å². The molecule has 1 saturated heterocycles. The van der Waals surface area contributed by atoms with Gasteiger partial charge in [-0.15, -0.1) is 24.0 Å². The summed E-state index contributed by atoms with van der Waals surface area (Å²) in [5, 5.41) is 3.50. The predicted octanol–water partition coefficient (Wildman–Crippen LogP) is 3.06. The number of carbonyl (C=O) groups excluding carboxylic acids is 1. The van der Waals surface area contributed by atoms with Crippen LogP contribution in [0.2, 0.25) is 0 Å². The maximum atomic E-state index is 10.8. The van der Waals surface area contributed by atoms with Gasteiger partial charge in [-0.2, -0.15) is 0 Å². The van der Waals surface area contributed by atoms with Crippen molar-refractivity contribution in [2.45, 2.75) is 25.8 Å². The van der Waals surface area contributed by atoms with Crippen LogP contribution in [-0.2, 0) is 11.2 Å². The highest BCUT2D eigenvalue weighted by Gasteiger charge is 2.25. The maximum Gasteiger partial charge on any atom is 0.255 e. The first kappa shape index (κ1) is 26.9. The van der Waals surface area contributed by atoms with E-state index >= 15 is 0 Å². The number of piperazine rings is 1. The fraction of sp³-hybridized carbons (Fsp3) is 0.440. The number of carbonyl (C=O) groups is 1. The molecule has 1 aliphatic heterocycles. The lowest BCUT2D eigenvalue weighted by atomic mass is 10.0. The zero-order valence-electron chi connectivity index (χ0n) is 19.6. The number of rotatable bonds is 9. The molecule has 1 fully saturated rings. The zero-order chi connectivity index (χ0) is 22.8. The quantitative estimate of drug-likeness (QED) is 0.278. The monoisotopic (exact) mass is 565 g/mol. The molecule has 0 aliphatic carbocycles. The Kier molecular flexibility index (Phi) is 11.5. The fourth-order valence-corrected chi connectivity index (χ4v) is 4.18. The summed E-state index contributed by atoms with van der Waals surface area (Å²) in [6, 6.07) is 19.0. The molecule has 1 unspecified atom stereocenters. The summed E-state index contributed by atoms with van der Waals surface area (Å²) in [5.41, 5.74) is 7.70. The van der Waals surface area contributed by atoms with Crippen molar-refractivity contribution >= 4 is 35.8 Å². The molecule has 1 aliphatic rings. The van der Waals surface area contributed by atoms with E-state index in [-0.39, 0.29) is 30.6 Å². The number of nitrogens with one attached hydrogen (secondary N) is 1. The van der Waals surface area contributed by atoms with Crippen molar-refractivity contribution in [1.82, 2.24) is 15.1 Å². The van der Waals surface area contributed by atoms with E-state index in [1.807, 2.05) is 31.3 Å². The van der Waals surface area contributed by atoms with E-state index in [9.17, 15) is 4.79 Å². The predicted molar refractivity (Wildman–Crippen MR) is 144 cm³/mol. The van der Waals surface area contributed by atoms with Gasteiger partial charge in [0.1, 0.15) is 5.75 Å². The Bertz CT molecular complexity index is 868. The third kappa shape index (κ3) is 8.19. The molecule has 180 valence electrons. The third-order valence-electron chi connectivity index (χ3n) is 5.84. The van der Waals surface area contributed by atoms with Crippen LogP contribution in [0.4, 0.5) is 0 Å². The van der Waals surface area contributed by atoms with Gasteiger partial charge in [0.05, 0.1) is 0 Å². The van der Waals surface area contributed by atoms with Crippen molar-refractivity contribution in [2.24, 2.45) is 10.7 Å². The average molecular weight is 566 g/mol. The van der Waals surface area contributed by atoms with Gasteiger partial charge in [-0.3, -0.25) is 14.7 Å². The molecule has 3 rings (SSSR count). The minimum Gasteiger partial charge on any atom is -0.484 e. The smallest absolute Gasteiger partial charge is 0.255 e. The average Bonchev–Trinajstić information content (AvgIpc) is 2.83. The first-order valence-electron chi connectivity index (χ1n) is 11.3. The van der Waals surface area contributed by atoms with E-state index in [4.69, 9.17) is 10.5 Å². The molecule has 33 heavy (non-hydrogen) atoms. The molecule has 2 aromatic carbocycles. The molecule has 0 radical (unpaired) electrons. The molecule has 1 atom stereocenters. The number of aliphatic imine (C=N–C) groups is 1. The summed E-state index contributed by atoms with van der Waals surface area (Å²) in [7, 11) is 1.85. The van der Waals surface area contributed by atoms with Crippen molar-refractivity contribution in [3.63, 3.8) is 0 Å². The van der Waals surface area contributed by atoms with Gasteiger partial charge in [0.15, 0.2) is 12.6 Å².